The Morgan fingerprint density at radius 2 is 1.94 bits per heavy atom. The molecule has 0 atom stereocenters. The second-order valence-electron chi connectivity index (χ2n) is 3.49. The minimum Gasteiger partial charge on any atom is -0.497 e. The van der Waals surface area contributed by atoms with Gasteiger partial charge in [-0.2, -0.15) is 0 Å². The second kappa shape index (κ2) is 5.91. The number of hydrogen-bond acceptors (Lipinski definition) is 3. The predicted molar refractivity (Wildman–Crippen MR) is 80.9 cm³/mol. The molecule has 0 saturated carbocycles. The van der Waals surface area contributed by atoms with E-state index in [9.17, 15) is 0 Å². The fourth-order valence-corrected chi connectivity index (χ4v) is 2.54. The summed E-state index contributed by atoms with van der Waals surface area (Å²) in [5.74, 6) is 1.35. The van der Waals surface area contributed by atoms with E-state index < -0.39 is 0 Å². The molecule has 0 amide bonds. The van der Waals surface area contributed by atoms with E-state index in [1.807, 2.05) is 18.2 Å². The van der Waals surface area contributed by atoms with E-state index in [0.717, 1.165) is 20.4 Å². The van der Waals surface area contributed by atoms with Crippen LogP contribution in [0.4, 0.5) is 11.5 Å². The van der Waals surface area contributed by atoms with Crippen molar-refractivity contribution in [2.75, 3.05) is 12.4 Å². The number of ether oxygens (including phenoxy) is 1. The molecule has 0 unspecified atom stereocenters. The average molecular weight is 392 g/mol. The van der Waals surface area contributed by atoms with Gasteiger partial charge in [-0.1, -0.05) is 27.5 Å². The number of methoxy groups -OCH3 is 1. The van der Waals surface area contributed by atoms with Gasteiger partial charge < -0.3 is 10.1 Å². The first-order valence-corrected chi connectivity index (χ1v) is 6.97. The Labute approximate surface area is 127 Å². The number of rotatable bonds is 3. The lowest BCUT2D eigenvalue weighted by atomic mass is 10.3. The first kappa shape index (κ1) is 13.6. The van der Waals surface area contributed by atoms with E-state index in [1.54, 1.807) is 19.4 Å². The minimum atomic E-state index is 0.545. The standard InChI is InChI=1S/C12H9Br2ClN2O/c1-18-10-3-7(13)2-9(5-10)17-12-11(15)4-8(14)6-16-12/h2-6H,1H3,(H,16,17). The van der Waals surface area contributed by atoms with Gasteiger partial charge in [0.1, 0.15) is 11.6 Å². The number of anilines is 2. The van der Waals surface area contributed by atoms with Crippen molar-refractivity contribution >= 4 is 55.0 Å². The van der Waals surface area contributed by atoms with Crippen LogP contribution in [0, 0.1) is 0 Å². The Hall–Kier alpha value is -0.780. The zero-order chi connectivity index (χ0) is 13.1. The van der Waals surface area contributed by atoms with E-state index in [2.05, 4.69) is 42.2 Å². The molecule has 0 saturated heterocycles. The van der Waals surface area contributed by atoms with E-state index in [0.29, 0.717) is 10.8 Å². The van der Waals surface area contributed by atoms with Gasteiger partial charge in [0.05, 0.1) is 12.1 Å². The highest BCUT2D eigenvalue weighted by molar-refractivity contribution is 9.10. The van der Waals surface area contributed by atoms with Crippen LogP contribution in [0.3, 0.4) is 0 Å². The molecule has 0 aliphatic rings. The molecule has 0 aliphatic carbocycles. The van der Waals surface area contributed by atoms with Crippen LogP contribution in [0.5, 0.6) is 5.75 Å². The molecule has 2 rings (SSSR count). The highest BCUT2D eigenvalue weighted by atomic mass is 79.9. The molecular weight excluding hydrogens is 383 g/mol. The van der Waals surface area contributed by atoms with Gasteiger partial charge >= 0.3 is 0 Å². The molecule has 2 aromatic rings. The molecule has 18 heavy (non-hydrogen) atoms. The van der Waals surface area contributed by atoms with Crippen LogP contribution < -0.4 is 10.1 Å². The predicted octanol–water partition coefficient (Wildman–Crippen LogP) is 5.01. The summed E-state index contributed by atoms with van der Waals surface area (Å²) in [6.07, 6.45) is 1.68. The lowest BCUT2D eigenvalue weighted by Crippen LogP contribution is -1.95. The van der Waals surface area contributed by atoms with Gasteiger partial charge in [-0.25, -0.2) is 4.98 Å². The summed E-state index contributed by atoms with van der Waals surface area (Å²) >= 11 is 12.8. The molecule has 3 nitrogen and oxygen atoms in total. The largest absolute Gasteiger partial charge is 0.497 e. The normalized spacial score (nSPS) is 10.2. The van der Waals surface area contributed by atoms with E-state index in [-0.39, 0.29) is 0 Å². The number of nitrogens with zero attached hydrogens (tertiary/aromatic N) is 1. The van der Waals surface area contributed by atoms with Crippen LogP contribution in [0.1, 0.15) is 0 Å². The quantitative estimate of drug-likeness (QED) is 0.797. The zero-order valence-corrected chi connectivity index (χ0v) is 13.3. The summed E-state index contributed by atoms with van der Waals surface area (Å²) in [5.41, 5.74) is 0.845. The van der Waals surface area contributed by atoms with Gasteiger partial charge in [-0.3, -0.25) is 0 Å². The third kappa shape index (κ3) is 3.37. The Morgan fingerprint density at radius 1 is 1.17 bits per heavy atom. The highest BCUT2D eigenvalue weighted by Crippen LogP contribution is 2.29. The number of halogens is 3. The van der Waals surface area contributed by atoms with Crippen molar-refractivity contribution in [3.8, 4) is 5.75 Å². The molecule has 0 spiro atoms. The van der Waals surface area contributed by atoms with Crippen LogP contribution in [0.25, 0.3) is 0 Å². The first-order chi connectivity index (χ1) is 8.58. The van der Waals surface area contributed by atoms with Crippen molar-refractivity contribution in [2.45, 2.75) is 0 Å². The topological polar surface area (TPSA) is 34.1 Å². The average Bonchev–Trinajstić information content (AvgIpc) is 2.32. The van der Waals surface area contributed by atoms with Gasteiger partial charge in [-0.05, 0) is 34.1 Å². The van der Waals surface area contributed by atoms with Crippen LogP contribution in [-0.2, 0) is 0 Å². The monoisotopic (exact) mass is 390 g/mol. The fraction of sp³-hybridized carbons (Fsp3) is 0.0833. The fourth-order valence-electron chi connectivity index (χ4n) is 1.40. The van der Waals surface area contributed by atoms with Crippen LogP contribution in [-0.4, -0.2) is 12.1 Å². The molecule has 0 fully saturated rings. The Morgan fingerprint density at radius 3 is 2.61 bits per heavy atom. The summed E-state index contributed by atoms with van der Waals surface area (Å²) in [5, 5.41) is 3.69. The number of nitrogens with one attached hydrogen (secondary N) is 1. The molecule has 0 bridgehead atoms. The SMILES string of the molecule is COc1cc(Br)cc(Nc2ncc(Br)cc2Cl)c1. The lowest BCUT2D eigenvalue weighted by molar-refractivity contribution is 0.415. The van der Waals surface area contributed by atoms with Crippen molar-refractivity contribution in [3.05, 3.63) is 44.4 Å². The summed E-state index contributed by atoms with van der Waals surface area (Å²) in [6.45, 7) is 0. The zero-order valence-electron chi connectivity index (χ0n) is 9.38. The Bertz CT molecular complexity index is 578. The number of benzene rings is 1. The minimum absolute atomic E-state index is 0.545. The third-order valence-corrected chi connectivity index (χ3v) is 3.36. The number of pyridine rings is 1. The lowest BCUT2D eigenvalue weighted by Gasteiger charge is -2.09. The Kier molecular flexibility index (Phi) is 4.48. The summed E-state index contributed by atoms with van der Waals surface area (Å²) < 4.78 is 6.94. The van der Waals surface area contributed by atoms with Gasteiger partial charge in [0.25, 0.3) is 0 Å². The van der Waals surface area contributed by atoms with Crippen molar-refractivity contribution in [1.82, 2.24) is 4.98 Å². The molecule has 94 valence electrons. The summed E-state index contributed by atoms with van der Waals surface area (Å²) in [4.78, 5) is 4.21. The maximum Gasteiger partial charge on any atom is 0.149 e. The van der Waals surface area contributed by atoms with Crippen LogP contribution in [0.2, 0.25) is 5.02 Å². The van der Waals surface area contributed by atoms with Gasteiger partial charge in [0.2, 0.25) is 0 Å². The van der Waals surface area contributed by atoms with E-state index in [4.69, 9.17) is 16.3 Å². The first-order valence-electron chi connectivity index (χ1n) is 5.01. The molecule has 1 heterocycles. The maximum absolute atomic E-state index is 6.09. The van der Waals surface area contributed by atoms with Gasteiger partial charge in [0.15, 0.2) is 0 Å². The third-order valence-electron chi connectivity index (χ3n) is 2.18. The molecular formula is C12H9Br2ClN2O. The van der Waals surface area contributed by atoms with Gasteiger partial charge in [-0.15, -0.1) is 0 Å². The molecule has 1 N–H and O–H groups in total. The molecule has 6 heteroatoms. The van der Waals surface area contributed by atoms with E-state index >= 15 is 0 Å². The smallest absolute Gasteiger partial charge is 0.149 e. The molecule has 1 aromatic heterocycles. The van der Waals surface area contributed by atoms with Crippen molar-refractivity contribution in [2.24, 2.45) is 0 Å². The van der Waals surface area contributed by atoms with Crippen LogP contribution >= 0.6 is 43.5 Å². The molecule has 0 radical (unpaired) electrons. The highest BCUT2D eigenvalue weighted by Gasteiger charge is 2.05. The molecule has 0 aliphatic heterocycles. The van der Waals surface area contributed by atoms with Crippen LogP contribution in [0.15, 0.2) is 39.4 Å². The number of aromatic nitrogens is 1. The maximum atomic E-state index is 6.09. The second-order valence-corrected chi connectivity index (χ2v) is 5.73. The van der Waals surface area contributed by atoms with Gasteiger partial charge in [0, 0.05) is 26.9 Å². The summed E-state index contributed by atoms with van der Waals surface area (Å²) in [6, 6.07) is 7.45. The summed E-state index contributed by atoms with van der Waals surface area (Å²) in [7, 11) is 1.62. The van der Waals surface area contributed by atoms with Crippen molar-refractivity contribution in [1.29, 1.82) is 0 Å². The van der Waals surface area contributed by atoms with Crippen molar-refractivity contribution in [3.63, 3.8) is 0 Å². The number of hydrogen-bond donors (Lipinski definition) is 1. The van der Waals surface area contributed by atoms with E-state index in [1.165, 1.54) is 0 Å². The Balaban J connectivity index is 2.30. The van der Waals surface area contributed by atoms with Crippen molar-refractivity contribution < 1.29 is 4.74 Å². The molecule has 1 aromatic carbocycles.